The third-order valence-corrected chi connectivity index (χ3v) is 3.14. The number of carbonyl (C=O) groups excluding carboxylic acids is 1. The molecular weight excluding hydrogens is 288 g/mol. The Balaban J connectivity index is 1.87. The van der Waals surface area contributed by atoms with Gasteiger partial charge in [-0.2, -0.15) is 0 Å². The van der Waals surface area contributed by atoms with Gasteiger partial charge in [-0.1, -0.05) is 15.9 Å². The Morgan fingerprint density at radius 2 is 1.88 bits per heavy atom. The lowest BCUT2D eigenvalue weighted by Crippen LogP contribution is -2.54. The van der Waals surface area contributed by atoms with Crippen molar-refractivity contribution in [3.8, 4) is 0 Å². The second-order valence-corrected chi connectivity index (χ2v) is 4.79. The first kappa shape index (κ1) is 11.9. The Labute approximate surface area is 107 Å². The summed E-state index contributed by atoms with van der Waals surface area (Å²) in [4.78, 5) is 23.7. The summed E-state index contributed by atoms with van der Waals surface area (Å²) in [6, 6.07) is 6.94. The summed E-state index contributed by atoms with van der Waals surface area (Å²) >= 11 is 3.30. The highest BCUT2D eigenvalue weighted by molar-refractivity contribution is 9.10. The van der Waals surface area contributed by atoms with E-state index < -0.39 is 11.9 Å². The Bertz CT molecular complexity index is 441. The molecule has 2 amide bonds. The van der Waals surface area contributed by atoms with Gasteiger partial charge in [0.1, 0.15) is 0 Å². The van der Waals surface area contributed by atoms with Crippen molar-refractivity contribution in [3.05, 3.63) is 28.7 Å². The number of carboxylic acids is 1. The number of halogens is 1. The van der Waals surface area contributed by atoms with E-state index in [1.54, 1.807) is 12.1 Å². The van der Waals surface area contributed by atoms with Gasteiger partial charge in [0, 0.05) is 23.2 Å². The molecule has 1 aliphatic heterocycles. The second-order valence-electron chi connectivity index (χ2n) is 3.88. The van der Waals surface area contributed by atoms with Gasteiger partial charge in [0.25, 0.3) is 0 Å². The largest absolute Gasteiger partial charge is 0.481 e. The van der Waals surface area contributed by atoms with E-state index in [1.807, 2.05) is 12.1 Å². The average molecular weight is 299 g/mol. The highest BCUT2D eigenvalue weighted by Gasteiger charge is 2.35. The monoisotopic (exact) mass is 298 g/mol. The van der Waals surface area contributed by atoms with E-state index in [2.05, 4.69) is 21.2 Å². The van der Waals surface area contributed by atoms with Crippen molar-refractivity contribution < 1.29 is 14.7 Å². The summed E-state index contributed by atoms with van der Waals surface area (Å²) in [6.45, 7) is 0.551. The molecule has 2 N–H and O–H groups in total. The van der Waals surface area contributed by atoms with Crippen molar-refractivity contribution in [1.82, 2.24) is 4.90 Å². The number of nitrogens with zero attached hydrogens (tertiary/aromatic N) is 1. The SMILES string of the molecule is O=C(O)C1CN(C(=O)Nc2ccc(Br)cc2)C1. The van der Waals surface area contributed by atoms with Crippen molar-refractivity contribution in [3.63, 3.8) is 0 Å². The fraction of sp³-hybridized carbons (Fsp3) is 0.273. The van der Waals surface area contributed by atoms with E-state index in [9.17, 15) is 9.59 Å². The minimum Gasteiger partial charge on any atom is -0.481 e. The summed E-state index contributed by atoms with van der Waals surface area (Å²) < 4.78 is 0.936. The maximum Gasteiger partial charge on any atom is 0.321 e. The number of urea groups is 1. The maximum atomic E-state index is 11.7. The Morgan fingerprint density at radius 3 is 2.41 bits per heavy atom. The molecule has 0 spiro atoms. The molecule has 90 valence electrons. The van der Waals surface area contributed by atoms with Gasteiger partial charge in [-0.25, -0.2) is 4.79 Å². The fourth-order valence-corrected chi connectivity index (χ4v) is 1.80. The Hall–Kier alpha value is -1.56. The van der Waals surface area contributed by atoms with Crippen LogP contribution in [0.15, 0.2) is 28.7 Å². The highest BCUT2D eigenvalue weighted by atomic mass is 79.9. The van der Waals surface area contributed by atoms with Gasteiger partial charge >= 0.3 is 12.0 Å². The molecule has 0 radical (unpaired) electrons. The molecule has 0 atom stereocenters. The fourth-order valence-electron chi connectivity index (χ4n) is 1.54. The second kappa shape index (κ2) is 4.75. The molecule has 0 aromatic heterocycles. The number of hydrogen-bond acceptors (Lipinski definition) is 2. The lowest BCUT2D eigenvalue weighted by Gasteiger charge is -2.36. The number of benzene rings is 1. The Kier molecular flexibility index (Phi) is 3.33. The van der Waals surface area contributed by atoms with E-state index in [1.165, 1.54) is 4.90 Å². The molecule has 1 saturated heterocycles. The van der Waals surface area contributed by atoms with Crippen molar-refractivity contribution in [2.45, 2.75) is 0 Å². The third-order valence-electron chi connectivity index (χ3n) is 2.61. The molecular formula is C11H11BrN2O3. The van der Waals surface area contributed by atoms with Crippen LogP contribution < -0.4 is 5.32 Å². The van der Waals surface area contributed by atoms with Crippen LogP contribution in [0, 0.1) is 5.92 Å². The van der Waals surface area contributed by atoms with Crippen LogP contribution >= 0.6 is 15.9 Å². The standard InChI is InChI=1S/C11H11BrN2O3/c12-8-1-3-9(4-2-8)13-11(17)14-5-7(6-14)10(15)16/h1-4,7H,5-6H2,(H,13,17)(H,15,16). The van der Waals surface area contributed by atoms with E-state index >= 15 is 0 Å². The number of carboxylic acid groups (broad SMARTS) is 1. The topological polar surface area (TPSA) is 69.6 Å². The molecule has 1 aromatic carbocycles. The zero-order valence-corrected chi connectivity index (χ0v) is 10.5. The predicted octanol–water partition coefficient (Wildman–Crippen LogP) is 2.00. The quantitative estimate of drug-likeness (QED) is 0.877. The van der Waals surface area contributed by atoms with Crippen molar-refractivity contribution in [2.24, 2.45) is 5.92 Å². The van der Waals surface area contributed by atoms with E-state index in [-0.39, 0.29) is 19.1 Å². The summed E-state index contributed by atoms with van der Waals surface area (Å²) in [5, 5.41) is 11.4. The first-order valence-corrected chi connectivity index (χ1v) is 5.90. The first-order valence-electron chi connectivity index (χ1n) is 5.10. The molecule has 0 unspecified atom stereocenters. The zero-order valence-electron chi connectivity index (χ0n) is 8.89. The minimum absolute atomic E-state index is 0.259. The number of rotatable bonds is 2. The van der Waals surface area contributed by atoms with Gasteiger partial charge in [0.15, 0.2) is 0 Å². The first-order chi connectivity index (χ1) is 8.06. The van der Waals surface area contributed by atoms with Gasteiger partial charge in [-0.15, -0.1) is 0 Å². The van der Waals surface area contributed by atoms with Crippen LogP contribution in [0.2, 0.25) is 0 Å². The molecule has 6 heteroatoms. The molecule has 1 heterocycles. The zero-order chi connectivity index (χ0) is 12.4. The molecule has 0 saturated carbocycles. The third kappa shape index (κ3) is 2.76. The predicted molar refractivity (Wildman–Crippen MR) is 65.9 cm³/mol. The van der Waals surface area contributed by atoms with Gasteiger partial charge < -0.3 is 15.3 Å². The van der Waals surface area contributed by atoms with Gasteiger partial charge in [0.05, 0.1) is 5.92 Å². The summed E-state index contributed by atoms with van der Waals surface area (Å²) in [6.07, 6.45) is 0. The smallest absolute Gasteiger partial charge is 0.321 e. The Morgan fingerprint density at radius 1 is 1.29 bits per heavy atom. The molecule has 1 fully saturated rings. The van der Waals surface area contributed by atoms with Crippen LogP contribution in [0.4, 0.5) is 10.5 Å². The molecule has 1 aliphatic rings. The molecule has 0 aliphatic carbocycles. The van der Waals surface area contributed by atoms with Crippen LogP contribution in [-0.2, 0) is 4.79 Å². The van der Waals surface area contributed by atoms with E-state index in [4.69, 9.17) is 5.11 Å². The number of likely N-dealkylation sites (tertiary alicyclic amines) is 1. The number of carbonyl (C=O) groups is 2. The normalized spacial score (nSPS) is 15.2. The molecule has 1 aromatic rings. The lowest BCUT2D eigenvalue weighted by atomic mass is 10.0. The van der Waals surface area contributed by atoms with Crippen LogP contribution in [-0.4, -0.2) is 35.1 Å². The number of aliphatic carboxylic acids is 1. The summed E-state index contributed by atoms with van der Waals surface area (Å²) in [7, 11) is 0. The van der Waals surface area contributed by atoms with Gasteiger partial charge in [-0.05, 0) is 24.3 Å². The molecule has 0 bridgehead atoms. The van der Waals surface area contributed by atoms with E-state index in [0.717, 1.165) is 4.47 Å². The highest BCUT2D eigenvalue weighted by Crippen LogP contribution is 2.18. The minimum atomic E-state index is -0.849. The van der Waals surface area contributed by atoms with Crippen LogP contribution in [0.3, 0.4) is 0 Å². The van der Waals surface area contributed by atoms with Crippen molar-refractivity contribution >= 4 is 33.6 Å². The molecule has 5 nitrogen and oxygen atoms in total. The van der Waals surface area contributed by atoms with Crippen molar-refractivity contribution in [1.29, 1.82) is 0 Å². The number of amides is 2. The maximum absolute atomic E-state index is 11.7. The summed E-state index contributed by atoms with van der Waals surface area (Å²) in [5.41, 5.74) is 0.692. The van der Waals surface area contributed by atoms with E-state index in [0.29, 0.717) is 5.69 Å². The van der Waals surface area contributed by atoms with Crippen LogP contribution in [0.5, 0.6) is 0 Å². The number of anilines is 1. The van der Waals surface area contributed by atoms with Gasteiger partial charge in [-0.3, -0.25) is 4.79 Å². The summed E-state index contributed by atoms with van der Waals surface area (Å²) in [5.74, 6) is -1.27. The molecule has 2 rings (SSSR count). The van der Waals surface area contributed by atoms with Crippen LogP contribution in [0.25, 0.3) is 0 Å². The lowest BCUT2D eigenvalue weighted by molar-refractivity contribution is -0.145. The number of hydrogen-bond donors (Lipinski definition) is 2. The number of nitrogens with one attached hydrogen (secondary N) is 1. The van der Waals surface area contributed by atoms with Gasteiger partial charge in [0.2, 0.25) is 0 Å². The van der Waals surface area contributed by atoms with Crippen molar-refractivity contribution in [2.75, 3.05) is 18.4 Å². The average Bonchev–Trinajstić information content (AvgIpc) is 2.18. The van der Waals surface area contributed by atoms with Crippen LogP contribution in [0.1, 0.15) is 0 Å². The molecule has 17 heavy (non-hydrogen) atoms.